The van der Waals surface area contributed by atoms with Crippen molar-refractivity contribution >= 4 is 24.0 Å². The molecule has 0 atom stereocenters. The number of aryl methyl sites for hydroxylation is 1. The second kappa shape index (κ2) is 4.23. The van der Waals surface area contributed by atoms with E-state index in [2.05, 4.69) is 0 Å². The molecule has 1 nitrogen and oxygen atoms in total. The highest BCUT2D eigenvalue weighted by Crippen LogP contribution is 2.18. The lowest BCUT2D eigenvalue weighted by Gasteiger charge is -1.96. The van der Waals surface area contributed by atoms with Crippen molar-refractivity contribution in [1.29, 1.82) is 5.26 Å². The Morgan fingerprint density at radius 2 is 2.09 bits per heavy atom. The van der Waals surface area contributed by atoms with Gasteiger partial charge in [-0.2, -0.15) is 5.26 Å². The summed E-state index contributed by atoms with van der Waals surface area (Å²) in [5, 5.41) is 9.07. The minimum absolute atomic E-state index is 0. The summed E-state index contributed by atoms with van der Waals surface area (Å²) < 4.78 is 0. The van der Waals surface area contributed by atoms with Gasteiger partial charge in [-0.3, -0.25) is 0 Å². The molecule has 0 aliphatic heterocycles. The summed E-state index contributed by atoms with van der Waals surface area (Å²) in [6.07, 6.45) is 0. The van der Waals surface area contributed by atoms with E-state index in [4.69, 9.17) is 16.9 Å². The first-order valence-electron chi connectivity index (χ1n) is 2.91. The monoisotopic (exact) mass is 187 g/mol. The molecule has 1 aromatic rings. The predicted octanol–water partition coefficient (Wildman–Crippen LogP) is 2.94. The van der Waals surface area contributed by atoms with Crippen LogP contribution in [0.1, 0.15) is 11.1 Å². The Labute approximate surface area is 77.0 Å². The topological polar surface area (TPSA) is 23.8 Å². The van der Waals surface area contributed by atoms with Crippen LogP contribution in [-0.2, 0) is 0 Å². The molecular formula is C8H7Cl2N. The summed E-state index contributed by atoms with van der Waals surface area (Å²) in [6, 6.07) is 7.41. The van der Waals surface area contributed by atoms with Crippen molar-refractivity contribution in [3.63, 3.8) is 0 Å². The lowest BCUT2D eigenvalue weighted by Crippen LogP contribution is -1.79. The lowest BCUT2D eigenvalue weighted by molar-refractivity contribution is 1.42. The molecule has 0 aromatic heterocycles. The molecule has 58 valence electrons. The molecule has 0 amide bonds. The second-order valence-electron chi connectivity index (χ2n) is 2.05. The summed E-state index contributed by atoms with van der Waals surface area (Å²) in [5.41, 5.74) is 1.49. The van der Waals surface area contributed by atoms with E-state index in [9.17, 15) is 0 Å². The molecule has 11 heavy (non-hydrogen) atoms. The summed E-state index contributed by atoms with van der Waals surface area (Å²) in [4.78, 5) is 0. The van der Waals surface area contributed by atoms with Crippen molar-refractivity contribution in [2.75, 3.05) is 0 Å². The first-order valence-corrected chi connectivity index (χ1v) is 3.28. The fourth-order valence-corrected chi connectivity index (χ4v) is 0.902. The minimum Gasteiger partial charge on any atom is -0.192 e. The first-order chi connectivity index (χ1) is 4.75. The molecule has 0 aliphatic rings. The maximum atomic E-state index is 8.51. The Hall–Kier alpha value is -0.710. The van der Waals surface area contributed by atoms with Gasteiger partial charge in [0.15, 0.2) is 0 Å². The minimum atomic E-state index is 0. The van der Waals surface area contributed by atoms with E-state index in [-0.39, 0.29) is 12.4 Å². The maximum absolute atomic E-state index is 8.51. The second-order valence-corrected chi connectivity index (χ2v) is 2.43. The van der Waals surface area contributed by atoms with Crippen LogP contribution in [-0.4, -0.2) is 0 Å². The zero-order valence-electron chi connectivity index (χ0n) is 5.97. The highest BCUT2D eigenvalue weighted by atomic mass is 35.5. The van der Waals surface area contributed by atoms with Crippen LogP contribution in [0, 0.1) is 18.3 Å². The largest absolute Gasteiger partial charge is 0.192 e. The highest BCUT2D eigenvalue weighted by molar-refractivity contribution is 6.32. The molecule has 0 spiro atoms. The number of nitriles is 1. The quantitative estimate of drug-likeness (QED) is 0.613. The third kappa shape index (κ3) is 2.11. The van der Waals surface area contributed by atoms with Gasteiger partial charge in [0.1, 0.15) is 6.07 Å². The van der Waals surface area contributed by atoms with Crippen molar-refractivity contribution in [2.24, 2.45) is 0 Å². The number of rotatable bonds is 0. The van der Waals surface area contributed by atoms with Crippen LogP contribution in [0.25, 0.3) is 0 Å². The molecule has 0 saturated heterocycles. The van der Waals surface area contributed by atoms with Gasteiger partial charge in [0, 0.05) is 0 Å². The summed E-state index contributed by atoms with van der Waals surface area (Å²) >= 11 is 5.77. The predicted molar refractivity (Wildman–Crippen MR) is 48.2 cm³/mol. The van der Waals surface area contributed by atoms with Crippen molar-refractivity contribution in [3.05, 3.63) is 34.3 Å². The number of hydrogen-bond donors (Lipinski definition) is 0. The third-order valence-corrected chi connectivity index (χ3v) is 1.81. The Bertz CT molecular complexity index is 289. The van der Waals surface area contributed by atoms with E-state index in [0.717, 1.165) is 5.56 Å². The summed E-state index contributed by atoms with van der Waals surface area (Å²) in [6.45, 7) is 1.88. The van der Waals surface area contributed by atoms with Crippen LogP contribution in [0.5, 0.6) is 0 Å². The van der Waals surface area contributed by atoms with Crippen LogP contribution in [0.15, 0.2) is 18.2 Å². The Morgan fingerprint density at radius 1 is 1.45 bits per heavy atom. The van der Waals surface area contributed by atoms with E-state index in [0.29, 0.717) is 10.6 Å². The maximum Gasteiger partial charge on any atom is 0.101 e. The molecule has 1 aromatic carbocycles. The molecule has 3 heteroatoms. The molecule has 0 bridgehead atoms. The average Bonchev–Trinajstić information content (AvgIpc) is 1.95. The van der Waals surface area contributed by atoms with Gasteiger partial charge in [-0.1, -0.05) is 23.7 Å². The van der Waals surface area contributed by atoms with Crippen molar-refractivity contribution < 1.29 is 0 Å². The van der Waals surface area contributed by atoms with Gasteiger partial charge in [0.2, 0.25) is 0 Å². The fourth-order valence-electron chi connectivity index (χ4n) is 0.734. The fraction of sp³-hybridized carbons (Fsp3) is 0.125. The zero-order valence-corrected chi connectivity index (χ0v) is 7.54. The Kier molecular flexibility index (Phi) is 3.95. The van der Waals surface area contributed by atoms with Gasteiger partial charge < -0.3 is 0 Å². The number of halogens is 2. The number of benzene rings is 1. The standard InChI is InChI=1S/C8H6ClN.ClH/c1-6-3-2-4-7(5-10)8(6)9;/h2-4H,1H3;1H. The molecule has 0 heterocycles. The number of hydrogen-bond acceptors (Lipinski definition) is 1. The molecule has 1 rings (SSSR count). The lowest BCUT2D eigenvalue weighted by atomic mass is 10.1. The highest BCUT2D eigenvalue weighted by Gasteiger charge is 1.98. The number of nitrogens with zero attached hydrogens (tertiary/aromatic N) is 1. The van der Waals surface area contributed by atoms with Gasteiger partial charge in [0.05, 0.1) is 10.6 Å². The molecule has 0 N–H and O–H groups in total. The smallest absolute Gasteiger partial charge is 0.101 e. The van der Waals surface area contributed by atoms with Crippen molar-refractivity contribution in [2.45, 2.75) is 6.92 Å². The SMILES string of the molecule is Cc1cccc(C#N)c1Cl.Cl. The molecule has 0 unspecified atom stereocenters. The van der Waals surface area contributed by atoms with Gasteiger partial charge >= 0.3 is 0 Å². The normalized spacial score (nSPS) is 8.09. The van der Waals surface area contributed by atoms with Gasteiger partial charge in [0.25, 0.3) is 0 Å². The zero-order chi connectivity index (χ0) is 7.56. The van der Waals surface area contributed by atoms with E-state index >= 15 is 0 Å². The van der Waals surface area contributed by atoms with E-state index in [1.165, 1.54) is 0 Å². The average molecular weight is 188 g/mol. The van der Waals surface area contributed by atoms with Gasteiger partial charge in [-0.25, -0.2) is 0 Å². The molecule has 0 aliphatic carbocycles. The van der Waals surface area contributed by atoms with Gasteiger partial charge in [-0.05, 0) is 18.6 Å². The van der Waals surface area contributed by atoms with Crippen molar-refractivity contribution in [3.8, 4) is 6.07 Å². The Morgan fingerprint density at radius 3 is 2.55 bits per heavy atom. The van der Waals surface area contributed by atoms with Crippen LogP contribution in [0.4, 0.5) is 0 Å². The van der Waals surface area contributed by atoms with E-state index < -0.39 is 0 Å². The first kappa shape index (κ1) is 10.3. The Balaban J connectivity index is 0.000001000. The molecule has 0 radical (unpaired) electrons. The summed E-state index contributed by atoms with van der Waals surface area (Å²) in [5.74, 6) is 0. The molecule has 0 saturated carbocycles. The van der Waals surface area contributed by atoms with Crippen LogP contribution >= 0.6 is 24.0 Å². The van der Waals surface area contributed by atoms with Crippen molar-refractivity contribution in [1.82, 2.24) is 0 Å². The summed E-state index contributed by atoms with van der Waals surface area (Å²) in [7, 11) is 0. The molecule has 0 fully saturated rings. The van der Waals surface area contributed by atoms with Gasteiger partial charge in [-0.15, -0.1) is 12.4 Å². The molecular weight excluding hydrogens is 181 g/mol. The van der Waals surface area contributed by atoms with Crippen LogP contribution in [0.3, 0.4) is 0 Å². The van der Waals surface area contributed by atoms with Crippen LogP contribution < -0.4 is 0 Å². The third-order valence-electron chi connectivity index (χ3n) is 1.31. The van der Waals surface area contributed by atoms with Crippen LogP contribution in [0.2, 0.25) is 5.02 Å². The van der Waals surface area contributed by atoms with E-state index in [1.54, 1.807) is 6.07 Å². The van der Waals surface area contributed by atoms with E-state index in [1.807, 2.05) is 25.1 Å².